The van der Waals surface area contributed by atoms with Gasteiger partial charge in [-0.05, 0) is 85.7 Å². The SMILES string of the molecule is CCCC1C(c2ccccc2)CN2CC(c3ccccc3)C12N1CCC([15NH2])CC1[15N](C1CCNCC1)C12C(c3ccccc3)CN1CC(c1ccccc1)C2CCC. The highest BCUT2D eigenvalue weighted by atomic mass is 16.0. The fourth-order valence-electron chi connectivity index (χ4n) is 14.2. The minimum Gasteiger partial charge on any atom is -0.328 e. The smallest absolute Gasteiger partial charge is 0.0871 e. The lowest BCUT2D eigenvalue weighted by molar-refractivity contribution is -0.264. The third kappa shape index (κ3) is 6.10. The highest BCUT2D eigenvalue weighted by Crippen LogP contribution is 2.66. The van der Waals surface area contributed by atoms with Crippen LogP contribution in [0.3, 0.4) is 0 Å². The second kappa shape index (κ2) is 16.2. The van der Waals surface area contributed by atoms with E-state index in [4.69, 9.17) is 5.73 Å². The second-order valence-electron chi connectivity index (χ2n) is 19.0. The minimum atomic E-state index is -0.0923. The molecule has 0 aromatic heterocycles. The third-order valence-corrected chi connectivity index (χ3v) is 16.3. The molecule has 0 bridgehead atoms. The van der Waals surface area contributed by atoms with E-state index in [1.807, 2.05) is 0 Å². The molecule has 10 atom stereocenters. The highest BCUT2D eigenvalue weighted by Gasteiger charge is 2.73. The number of likely N-dealkylation sites (tertiary alicyclic amines) is 1. The van der Waals surface area contributed by atoms with Gasteiger partial charge in [-0.15, -0.1) is 0 Å². The number of benzene rings is 4. The molecule has 6 fully saturated rings. The molecule has 6 heterocycles. The van der Waals surface area contributed by atoms with Crippen LogP contribution in [0.2, 0.25) is 0 Å². The van der Waals surface area contributed by atoms with Crippen molar-refractivity contribution in [2.75, 3.05) is 45.8 Å². The van der Waals surface area contributed by atoms with Gasteiger partial charge < -0.3 is 11.1 Å². The lowest BCUT2D eigenvalue weighted by atomic mass is 9.65. The summed E-state index contributed by atoms with van der Waals surface area (Å²) in [7, 11) is 0. The number of nitrogens with two attached hydrogens (primary N) is 1. The van der Waals surface area contributed by atoms with E-state index in [9.17, 15) is 0 Å². The molecule has 0 radical (unpaired) electrons. The van der Waals surface area contributed by atoms with Crippen molar-refractivity contribution in [2.24, 2.45) is 17.6 Å². The van der Waals surface area contributed by atoms with E-state index >= 15 is 0 Å². The summed E-state index contributed by atoms with van der Waals surface area (Å²) < 4.78 is 0. The molecule has 0 aliphatic carbocycles. The predicted molar refractivity (Wildman–Crippen MR) is 238 cm³/mol. The van der Waals surface area contributed by atoms with Crippen molar-refractivity contribution in [1.82, 2.24) is 24.9 Å². The molecule has 6 aliphatic heterocycles. The maximum absolute atomic E-state index is 7.37. The summed E-state index contributed by atoms with van der Waals surface area (Å²) >= 11 is 0. The summed E-state index contributed by atoms with van der Waals surface area (Å²) in [6, 6.07) is 47.4. The number of hydrogen-bond acceptors (Lipinski definition) is 6. The van der Waals surface area contributed by atoms with E-state index < -0.39 is 0 Å². The Hall–Kier alpha value is -3.36. The van der Waals surface area contributed by atoms with Gasteiger partial charge in [0.05, 0.1) is 17.5 Å². The fourth-order valence-corrected chi connectivity index (χ4v) is 14.2. The maximum atomic E-state index is 7.37. The Balaban J connectivity index is 1.18. The van der Waals surface area contributed by atoms with Crippen LogP contribution < -0.4 is 11.1 Å². The first-order valence-electron chi connectivity index (χ1n) is 23.3. The standard InChI is InChI=1S/C52H68N6/c1-3-17-46-44(38-19-9-5-10-20-38)34-55-36-48(40-23-13-7-14-24-40)51(46,55)57-32-29-42(53)33-50(57)58(43-27-30-54-31-28-43)52-47(18-4-2)45(39-21-11-6-12-22-39)35-56(52)37-49(52)41-25-15-8-16-26-41/h5-16,19-26,42-50,54H,3-4,17-18,27-37,53H2,1-2H3/i53+1,58+1. The van der Waals surface area contributed by atoms with E-state index in [1.165, 1.54) is 60.8 Å². The van der Waals surface area contributed by atoms with Gasteiger partial charge >= 0.3 is 0 Å². The molecule has 6 heteroatoms. The molecule has 10 unspecified atom stereocenters. The number of rotatable bonds is 12. The number of nitrogens with one attached hydrogen (secondary N) is 1. The molecule has 58 heavy (non-hydrogen) atoms. The summed E-state index contributed by atoms with van der Waals surface area (Å²) in [4.78, 5) is 12.4. The predicted octanol–water partition coefficient (Wildman–Crippen LogP) is 8.81. The van der Waals surface area contributed by atoms with Crippen molar-refractivity contribution < 1.29 is 0 Å². The molecule has 6 nitrogen and oxygen atoms in total. The van der Waals surface area contributed by atoms with E-state index in [-0.39, 0.29) is 23.5 Å². The van der Waals surface area contributed by atoms with Crippen molar-refractivity contribution in [3.63, 3.8) is 0 Å². The van der Waals surface area contributed by atoms with Crippen molar-refractivity contribution in [3.8, 4) is 0 Å². The molecule has 3 N–H and O–H groups in total. The van der Waals surface area contributed by atoms with Crippen LogP contribution in [0.25, 0.3) is 0 Å². The topological polar surface area (TPSA) is 51.0 Å². The molecule has 10 rings (SSSR count). The Morgan fingerprint density at radius 3 is 1.69 bits per heavy atom. The Kier molecular flexibility index (Phi) is 10.9. The molecular formula is C52H68N6. The summed E-state index contributed by atoms with van der Waals surface area (Å²) in [5.74, 6) is 2.95. The van der Waals surface area contributed by atoms with Crippen LogP contribution in [-0.2, 0) is 0 Å². The Morgan fingerprint density at radius 1 is 0.603 bits per heavy atom. The molecule has 0 amide bonds. The zero-order chi connectivity index (χ0) is 39.3. The summed E-state index contributed by atoms with van der Waals surface area (Å²) in [6.07, 6.45) is 9.59. The van der Waals surface area contributed by atoms with Gasteiger partial charge in [0, 0.05) is 68.5 Å². The molecule has 0 saturated carbocycles. The zero-order valence-electron chi connectivity index (χ0n) is 35.2. The van der Waals surface area contributed by atoms with E-state index in [0.29, 0.717) is 41.5 Å². The Morgan fingerprint density at radius 2 is 1.10 bits per heavy atom. The van der Waals surface area contributed by atoms with Gasteiger partial charge in [-0.3, -0.25) is 19.6 Å². The lowest BCUT2D eigenvalue weighted by Crippen LogP contribution is -2.83. The summed E-state index contributed by atoms with van der Waals surface area (Å²) in [5, 5.41) is 3.81. The van der Waals surface area contributed by atoms with Gasteiger partial charge in [0.25, 0.3) is 0 Å². The summed E-state index contributed by atoms with van der Waals surface area (Å²) in [6.45, 7) is 12.7. The quantitative estimate of drug-likeness (QED) is 0.140. The Bertz CT molecular complexity index is 1940. The molecule has 4 aromatic carbocycles. The fraction of sp³-hybridized carbons (Fsp3) is 0.538. The highest BCUT2D eigenvalue weighted by molar-refractivity contribution is 5.39. The van der Waals surface area contributed by atoms with E-state index in [0.717, 1.165) is 58.7 Å². The van der Waals surface area contributed by atoms with Crippen molar-refractivity contribution in [2.45, 2.75) is 118 Å². The normalized spacial score (nSPS) is 35.7. The molecule has 0 spiro atoms. The number of piperidine rings is 2. The zero-order valence-corrected chi connectivity index (χ0v) is 35.2. The maximum Gasteiger partial charge on any atom is 0.0871 e. The van der Waals surface area contributed by atoms with Gasteiger partial charge in [-0.2, -0.15) is 0 Å². The van der Waals surface area contributed by atoms with E-state index in [1.54, 1.807) is 0 Å². The lowest BCUT2D eigenvalue weighted by Gasteiger charge is -2.72. The van der Waals surface area contributed by atoms with Crippen molar-refractivity contribution in [1.29, 1.82) is 0 Å². The number of nitrogens with zero attached hydrogens (tertiary/aromatic N) is 4. The number of fused-ring (bicyclic) bond motifs is 2. The molecule has 6 saturated heterocycles. The first kappa shape index (κ1) is 38.8. The van der Waals surface area contributed by atoms with Crippen LogP contribution >= 0.6 is 0 Å². The average Bonchev–Trinajstić information content (AvgIpc) is 3.64. The van der Waals surface area contributed by atoms with Crippen LogP contribution in [0, 0.1) is 11.8 Å². The van der Waals surface area contributed by atoms with Crippen LogP contribution in [0.4, 0.5) is 0 Å². The largest absolute Gasteiger partial charge is 0.328 e. The number of hydrogen-bond donors (Lipinski definition) is 2. The molecule has 6 aliphatic rings. The molecular weight excluding hydrogens is 711 g/mol. The van der Waals surface area contributed by atoms with Gasteiger partial charge in [0.15, 0.2) is 0 Å². The minimum absolute atomic E-state index is 0.0704. The first-order valence-corrected chi connectivity index (χ1v) is 23.3. The van der Waals surface area contributed by atoms with Gasteiger partial charge in [-0.25, -0.2) is 0 Å². The van der Waals surface area contributed by atoms with E-state index in [2.05, 4.69) is 160 Å². The molecule has 306 valence electrons. The average molecular weight is 779 g/mol. The van der Waals surface area contributed by atoms with Crippen LogP contribution in [0.1, 0.15) is 111 Å². The van der Waals surface area contributed by atoms with Crippen molar-refractivity contribution in [3.05, 3.63) is 144 Å². The van der Waals surface area contributed by atoms with Gasteiger partial charge in [-0.1, -0.05) is 148 Å². The monoisotopic (exact) mass is 779 g/mol. The van der Waals surface area contributed by atoms with Crippen LogP contribution in [0.15, 0.2) is 121 Å². The first-order chi connectivity index (χ1) is 28.6. The third-order valence-electron chi connectivity index (χ3n) is 16.3. The van der Waals surface area contributed by atoms with Crippen LogP contribution in [-0.4, -0.2) is 95.0 Å². The van der Waals surface area contributed by atoms with Gasteiger partial charge in [0.2, 0.25) is 0 Å². The Labute approximate surface area is 349 Å². The van der Waals surface area contributed by atoms with Gasteiger partial charge in [0.1, 0.15) is 0 Å². The van der Waals surface area contributed by atoms with Crippen LogP contribution in [0.5, 0.6) is 0 Å². The van der Waals surface area contributed by atoms with Crippen molar-refractivity contribution >= 4 is 0 Å². The second-order valence-corrected chi connectivity index (χ2v) is 19.0. The molecule has 4 aromatic rings. The summed E-state index contributed by atoms with van der Waals surface area (Å²) in [5.41, 5.74) is 13.3.